The molecular formula is C14H25ClN2O4. The normalized spacial score (nSPS) is 18.3. The topological polar surface area (TPSA) is 70.1 Å². The van der Waals surface area contributed by atoms with Crippen molar-refractivity contribution in [1.29, 1.82) is 0 Å². The van der Waals surface area contributed by atoms with E-state index in [0.29, 0.717) is 25.9 Å². The molecule has 122 valence electrons. The Bertz CT molecular complexity index is 387. The molecule has 1 fully saturated rings. The molecule has 0 aromatic carbocycles. The molecular weight excluding hydrogens is 296 g/mol. The van der Waals surface area contributed by atoms with Crippen molar-refractivity contribution >= 4 is 23.6 Å². The highest BCUT2D eigenvalue weighted by Gasteiger charge is 2.36. The van der Waals surface area contributed by atoms with Crippen molar-refractivity contribution in [2.75, 3.05) is 32.6 Å². The number of piperidine rings is 1. The Hall–Kier alpha value is -1.01. The van der Waals surface area contributed by atoms with Crippen molar-refractivity contribution in [1.82, 2.24) is 9.80 Å². The van der Waals surface area contributed by atoms with E-state index in [1.165, 1.54) is 4.90 Å². The maximum absolute atomic E-state index is 11.9. The van der Waals surface area contributed by atoms with Crippen LogP contribution >= 0.6 is 11.6 Å². The van der Waals surface area contributed by atoms with Gasteiger partial charge in [0, 0.05) is 26.7 Å². The van der Waals surface area contributed by atoms with Gasteiger partial charge in [-0.2, -0.15) is 0 Å². The largest absolute Gasteiger partial charge is 0.444 e. The lowest BCUT2D eigenvalue weighted by atomic mass is 9.91. The number of nitrogens with zero attached hydrogens (tertiary/aromatic N) is 2. The van der Waals surface area contributed by atoms with E-state index in [4.69, 9.17) is 16.3 Å². The van der Waals surface area contributed by atoms with Crippen molar-refractivity contribution in [3.63, 3.8) is 0 Å². The lowest BCUT2D eigenvalue weighted by molar-refractivity contribution is -0.132. The summed E-state index contributed by atoms with van der Waals surface area (Å²) >= 11 is 5.49. The number of likely N-dealkylation sites (tertiary alicyclic amines) is 1. The van der Waals surface area contributed by atoms with Crippen molar-refractivity contribution in [2.24, 2.45) is 0 Å². The molecule has 1 N–H and O–H groups in total. The van der Waals surface area contributed by atoms with Gasteiger partial charge in [-0.1, -0.05) is 0 Å². The number of carbonyl (C=O) groups excluding carboxylic acids is 2. The summed E-state index contributed by atoms with van der Waals surface area (Å²) in [5, 5.41) is 10.5. The first kappa shape index (κ1) is 18.0. The number of ether oxygens (including phenoxy) is 1. The molecule has 0 aliphatic carbocycles. The quantitative estimate of drug-likeness (QED) is 0.799. The van der Waals surface area contributed by atoms with E-state index >= 15 is 0 Å². The van der Waals surface area contributed by atoms with Crippen LogP contribution in [0.2, 0.25) is 0 Å². The van der Waals surface area contributed by atoms with Gasteiger partial charge in [0.1, 0.15) is 11.5 Å². The molecule has 0 spiro atoms. The molecule has 1 rings (SSSR count). The highest BCUT2D eigenvalue weighted by atomic mass is 35.5. The summed E-state index contributed by atoms with van der Waals surface area (Å²) in [4.78, 5) is 26.4. The summed E-state index contributed by atoms with van der Waals surface area (Å²) < 4.78 is 5.31. The fourth-order valence-electron chi connectivity index (χ4n) is 2.22. The van der Waals surface area contributed by atoms with Gasteiger partial charge in [0.2, 0.25) is 5.91 Å². The Morgan fingerprint density at radius 3 is 2.29 bits per heavy atom. The molecule has 6 nitrogen and oxygen atoms in total. The second kappa shape index (κ2) is 6.83. The molecule has 21 heavy (non-hydrogen) atoms. The van der Waals surface area contributed by atoms with Crippen molar-refractivity contribution in [2.45, 2.75) is 44.8 Å². The minimum absolute atomic E-state index is 0.101. The summed E-state index contributed by atoms with van der Waals surface area (Å²) in [7, 11) is 1.61. The predicted octanol–water partition coefficient (Wildman–Crippen LogP) is 1.45. The Morgan fingerprint density at radius 2 is 1.86 bits per heavy atom. The zero-order valence-electron chi connectivity index (χ0n) is 13.2. The average molecular weight is 321 g/mol. The molecule has 1 heterocycles. The van der Waals surface area contributed by atoms with E-state index in [1.807, 2.05) is 20.8 Å². The van der Waals surface area contributed by atoms with Crippen LogP contribution in [0, 0.1) is 0 Å². The third-order valence-electron chi connectivity index (χ3n) is 3.42. The minimum Gasteiger partial charge on any atom is -0.444 e. The summed E-state index contributed by atoms with van der Waals surface area (Å²) in [6.45, 7) is 6.50. The number of aliphatic hydroxyl groups is 1. The molecule has 1 aliphatic heterocycles. The number of hydrogen-bond acceptors (Lipinski definition) is 4. The predicted molar refractivity (Wildman–Crippen MR) is 80.3 cm³/mol. The van der Waals surface area contributed by atoms with Gasteiger partial charge in [-0.25, -0.2) is 4.79 Å². The maximum atomic E-state index is 11.9. The van der Waals surface area contributed by atoms with E-state index in [0.717, 1.165) is 0 Å². The van der Waals surface area contributed by atoms with E-state index in [-0.39, 0.29) is 24.4 Å². The molecule has 1 aliphatic rings. The van der Waals surface area contributed by atoms with Crippen LogP contribution in [0.5, 0.6) is 0 Å². The molecule has 0 aromatic rings. The zero-order chi connectivity index (χ0) is 16.3. The Morgan fingerprint density at radius 1 is 1.33 bits per heavy atom. The van der Waals surface area contributed by atoms with Crippen LogP contribution < -0.4 is 0 Å². The van der Waals surface area contributed by atoms with Crippen molar-refractivity contribution < 1.29 is 19.4 Å². The third-order valence-corrected chi connectivity index (χ3v) is 3.65. The van der Waals surface area contributed by atoms with E-state index in [2.05, 4.69) is 0 Å². The molecule has 1 saturated heterocycles. The number of alkyl halides is 1. The number of amides is 2. The van der Waals surface area contributed by atoms with Crippen LogP contribution in [0.3, 0.4) is 0 Å². The molecule has 0 atom stereocenters. The fraction of sp³-hybridized carbons (Fsp3) is 0.857. The van der Waals surface area contributed by atoms with Gasteiger partial charge >= 0.3 is 6.09 Å². The van der Waals surface area contributed by atoms with E-state index in [9.17, 15) is 14.7 Å². The van der Waals surface area contributed by atoms with Gasteiger partial charge < -0.3 is 19.6 Å². The van der Waals surface area contributed by atoms with Crippen molar-refractivity contribution in [3.8, 4) is 0 Å². The molecule has 0 bridgehead atoms. The molecule has 0 unspecified atom stereocenters. The standard InChI is InChI=1S/C14H25ClN2O4/c1-13(2,3)21-12(19)17-7-5-14(20,6-8-17)10-16(4)11(18)9-15/h20H,5-10H2,1-4H3. The van der Waals surface area contributed by atoms with Crippen LogP contribution in [-0.4, -0.2) is 70.7 Å². The van der Waals surface area contributed by atoms with E-state index < -0.39 is 11.2 Å². The lowest BCUT2D eigenvalue weighted by Gasteiger charge is -2.40. The SMILES string of the molecule is CN(CC1(O)CCN(C(=O)OC(C)(C)C)CC1)C(=O)CCl. The highest BCUT2D eigenvalue weighted by molar-refractivity contribution is 6.27. The minimum atomic E-state index is -0.977. The van der Waals surface area contributed by atoms with Crippen LogP contribution in [0.1, 0.15) is 33.6 Å². The smallest absolute Gasteiger partial charge is 0.410 e. The van der Waals surface area contributed by atoms with Gasteiger partial charge in [-0.3, -0.25) is 4.79 Å². The first-order valence-corrected chi connectivity index (χ1v) is 7.60. The molecule has 0 radical (unpaired) electrons. The van der Waals surface area contributed by atoms with Gasteiger partial charge in [0.05, 0.1) is 5.60 Å². The number of halogens is 1. The zero-order valence-corrected chi connectivity index (χ0v) is 13.9. The summed E-state index contributed by atoms with van der Waals surface area (Å²) in [5.41, 5.74) is -1.51. The first-order chi connectivity index (χ1) is 9.56. The van der Waals surface area contributed by atoms with Gasteiger partial charge in [0.15, 0.2) is 0 Å². The average Bonchev–Trinajstić information content (AvgIpc) is 2.35. The second-order valence-corrected chi connectivity index (χ2v) is 6.84. The summed E-state index contributed by atoms with van der Waals surface area (Å²) in [6.07, 6.45) is 0.452. The van der Waals surface area contributed by atoms with E-state index in [1.54, 1.807) is 11.9 Å². The van der Waals surface area contributed by atoms with Crippen LogP contribution in [-0.2, 0) is 9.53 Å². The first-order valence-electron chi connectivity index (χ1n) is 7.06. The Labute approximate surface area is 131 Å². The van der Waals surface area contributed by atoms with Gasteiger partial charge in [-0.15, -0.1) is 11.6 Å². The summed E-state index contributed by atoms with van der Waals surface area (Å²) in [6, 6.07) is 0. The Kier molecular flexibility index (Phi) is 5.87. The highest BCUT2D eigenvalue weighted by Crippen LogP contribution is 2.24. The maximum Gasteiger partial charge on any atom is 0.410 e. The number of hydrogen-bond donors (Lipinski definition) is 1. The summed E-state index contributed by atoms with van der Waals surface area (Å²) in [5.74, 6) is -0.323. The van der Waals surface area contributed by atoms with Crippen molar-refractivity contribution in [3.05, 3.63) is 0 Å². The van der Waals surface area contributed by atoms with Crippen LogP contribution in [0.25, 0.3) is 0 Å². The number of likely N-dealkylation sites (N-methyl/N-ethyl adjacent to an activating group) is 1. The third kappa shape index (κ3) is 5.71. The molecule has 0 saturated carbocycles. The van der Waals surface area contributed by atoms with Gasteiger partial charge in [0.25, 0.3) is 0 Å². The molecule has 0 aromatic heterocycles. The monoisotopic (exact) mass is 320 g/mol. The van der Waals surface area contributed by atoms with Crippen LogP contribution in [0.4, 0.5) is 4.79 Å². The van der Waals surface area contributed by atoms with Gasteiger partial charge in [-0.05, 0) is 33.6 Å². The fourth-order valence-corrected chi connectivity index (χ4v) is 2.43. The number of carbonyl (C=O) groups is 2. The Balaban J connectivity index is 2.50. The molecule has 7 heteroatoms. The lowest BCUT2D eigenvalue weighted by Crippen LogP contribution is -2.53. The molecule has 2 amide bonds. The number of rotatable bonds is 3. The van der Waals surface area contributed by atoms with Crippen LogP contribution in [0.15, 0.2) is 0 Å². The second-order valence-electron chi connectivity index (χ2n) is 6.58.